The molecular formula is C33H35N3O7S. The van der Waals surface area contributed by atoms with Crippen molar-refractivity contribution < 1.29 is 28.6 Å². The summed E-state index contributed by atoms with van der Waals surface area (Å²) >= 11 is 1.12. The Hall–Kier alpha value is -4.51. The predicted molar refractivity (Wildman–Crippen MR) is 167 cm³/mol. The Kier molecular flexibility index (Phi) is 9.14. The number of carbonyl (C=O) groups is 3. The molecule has 0 fully saturated rings. The number of rotatable bonds is 10. The normalized spacial score (nSPS) is 16.8. The number of carbonyl (C=O) groups excluding carboxylic acids is 3. The van der Waals surface area contributed by atoms with E-state index in [0.717, 1.165) is 49.1 Å². The Labute approximate surface area is 258 Å². The van der Waals surface area contributed by atoms with Crippen molar-refractivity contribution in [2.45, 2.75) is 58.9 Å². The fourth-order valence-electron chi connectivity index (χ4n) is 5.75. The first-order valence-electron chi connectivity index (χ1n) is 14.6. The van der Waals surface area contributed by atoms with Gasteiger partial charge in [0.2, 0.25) is 0 Å². The van der Waals surface area contributed by atoms with Crippen LogP contribution in [0.15, 0.2) is 63.5 Å². The van der Waals surface area contributed by atoms with Crippen molar-refractivity contribution in [1.29, 1.82) is 0 Å². The van der Waals surface area contributed by atoms with Crippen LogP contribution in [0.1, 0.15) is 70.0 Å². The predicted octanol–water partition coefficient (Wildman–Crippen LogP) is 4.03. The summed E-state index contributed by atoms with van der Waals surface area (Å²) in [5.74, 6) is -0.945. The third kappa shape index (κ3) is 5.59. The zero-order chi connectivity index (χ0) is 31.5. The third-order valence-corrected chi connectivity index (χ3v) is 8.85. The van der Waals surface area contributed by atoms with Gasteiger partial charge in [0.1, 0.15) is 4.53 Å². The average molecular weight is 618 g/mol. The van der Waals surface area contributed by atoms with E-state index in [1.54, 1.807) is 30.0 Å². The number of hydrogen-bond acceptors (Lipinski definition) is 9. The number of para-hydroxylation sites is 1. The summed E-state index contributed by atoms with van der Waals surface area (Å²) < 4.78 is 17.5. The fourth-order valence-corrected chi connectivity index (χ4v) is 6.88. The molecule has 11 heteroatoms. The second-order valence-corrected chi connectivity index (χ2v) is 11.6. The summed E-state index contributed by atoms with van der Waals surface area (Å²) in [6.07, 6.45) is 5.29. The Morgan fingerprint density at radius 2 is 1.75 bits per heavy atom. The topological polar surface area (TPSA) is 117 Å². The summed E-state index contributed by atoms with van der Waals surface area (Å²) in [5, 5.41) is 0. The van der Waals surface area contributed by atoms with Crippen LogP contribution < -0.4 is 29.3 Å². The zero-order valence-corrected chi connectivity index (χ0v) is 26.3. The van der Waals surface area contributed by atoms with Gasteiger partial charge in [0.05, 0.1) is 42.8 Å². The summed E-state index contributed by atoms with van der Waals surface area (Å²) in [7, 11) is 2.70. The Morgan fingerprint density at radius 3 is 2.45 bits per heavy atom. The molecule has 44 heavy (non-hydrogen) atoms. The number of aromatic nitrogens is 1. The van der Waals surface area contributed by atoms with Crippen LogP contribution in [0.25, 0.3) is 5.57 Å². The minimum atomic E-state index is -0.935. The highest BCUT2D eigenvalue weighted by atomic mass is 32.1. The second-order valence-electron chi connectivity index (χ2n) is 10.7. The molecule has 1 atom stereocenters. The SMILES string of the molecule is CCCCCCCN1C(=O)/C(=c2\sc3n(c2=O)[C@@H](c2ccc(OC(C)=O)c(OC)c2)C(C(=O)OC)=C(C)N=3)c2ccccc21. The minimum Gasteiger partial charge on any atom is -0.493 e. The molecule has 0 saturated heterocycles. The molecule has 0 N–H and O–H groups in total. The standard InChI is InChI=1S/C33H35N3O7S/c1-6-7-8-9-12-17-35-23-14-11-10-13-22(23)27(30(35)38)29-31(39)36-28(26(32(40)42-5)19(2)34-33(36)44-29)21-15-16-24(43-20(3)37)25(18-21)41-4/h10-11,13-16,18,28H,6-9,12,17H2,1-5H3/b29-27-/t28-/m0/s1. The molecule has 0 aliphatic carbocycles. The lowest BCUT2D eigenvalue weighted by atomic mass is 9.95. The highest BCUT2D eigenvalue weighted by molar-refractivity contribution is 7.07. The van der Waals surface area contributed by atoms with Crippen LogP contribution in [-0.2, 0) is 19.1 Å². The monoisotopic (exact) mass is 617 g/mol. The molecule has 1 amide bonds. The van der Waals surface area contributed by atoms with Crippen molar-refractivity contribution >= 4 is 40.4 Å². The minimum absolute atomic E-state index is 0.172. The van der Waals surface area contributed by atoms with E-state index in [-0.39, 0.29) is 27.5 Å². The molecule has 0 bridgehead atoms. The molecule has 1 aromatic heterocycles. The van der Waals surface area contributed by atoms with Gasteiger partial charge in [0, 0.05) is 19.0 Å². The van der Waals surface area contributed by atoms with Gasteiger partial charge in [0.15, 0.2) is 16.3 Å². The van der Waals surface area contributed by atoms with Gasteiger partial charge < -0.3 is 19.1 Å². The first kappa shape index (κ1) is 30.9. The van der Waals surface area contributed by atoms with Gasteiger partial charge in [0.25, 0.3) is 11.5 Å². The van der Waals surface area contributed by atoms with Gasteiger partial charge >= 0.3 is 11.9 Å². The van der Waals surface area contributed by atoms with Crippen LogP contribution in [0, 0.1) is 0 Å². The number of allylic oxidation sites excluding steroid dienone is 1. The van der Waals surface area contributed by atoms with Gasteiger partial charge in [-0.1, -0.05) is 68.2 Å². The maximum Gasteiger partial charge on any atom is 0.338 e. The van der Waals surface area contributed by atoms with Crippen LogP contribution in [0.3, 0.4) is 0 Å². The van der Waals surface area contributed by atoms with E-state index >= 15 is 0 Å². The lowest BCUT2D eigenvalue weighted by Crippen LogP contribution is -2.41. The van der Waals surface area contributed by atoms with Crippen LogP contribution in [0.4, 0.5) is 5.69 Å². The highest BCUT2D eigenvalue weighted by Crippen LogP contribution is 2.38. The fraction of sp³-hybridized carbons (Fsp3) is 0.364. The number of unbranched alkanes of at least 4 members (excludes halogenated alkanes) is 4. The molecule has 5 rings (SSSR count). The van der Waals surface area contributed by atoms with E-state index in [2.05, 4.69) is 11.9 Å². The Morgan fingerprint density at radius 1 is 1.00 bits per heavy atom. The molecule has 3 heterocycles. The van der Waals surface area contributed by atoms with Crippen LogP contribution in [-0.4, -0.2) is 43.2 Å². The first-order valence-corrected chi connectivity index (χ1v) is 15.4. The molecule has 0 radical (unpaired) electrons. The van der Waals surface area contributed by atoms with E-state index in [4.69, 9.17) is 14.2 Å². The number of esters is 2. The quantitative estimate of drug-likeness (QED) is 0.192. The highest BCUT2D eigenvalue weighted by Gasteiger charge is 2.37. The van der Waals surface area contributed by atoms with Crippen LogP contribution in [0.2, 0.25) is 0 Å². The lowest BCUT2D eigenvalue weighted by molar-refractivity contribution is -0.136. The molecule has 2 aliphatic rings. The Bertz CT molecular complexity index is 1850. The van der Waals surface area contributed by atoms with E-state index in [1.807, 2.05) is 24.3 Å². The van der Waals surface area contributed by atoms with Crippen LogP contribution >= 0.6 is 11.3 Å². The first-order chi connectivity index (χ1) is 21.2. The third-order valence-electron chi connectivity index (χ3n) is 7.80. The van der Waals surface area contributed by atoms with Gasteiger partial charge in [-0.25, -0.2) is 9.79 Å². The van der Waals surface area contributed by atoms with E-state index in [1.165, 1.54) is 25.7 Å². The number of ether oxygens (including phenoxy) is 3. The lowest BCUT2D eigenvalue weighted by Gasteiger charge is -2.25. The smallest absolute Gasteiger partial charge is 0.338 e. The van der Waals surface area contributed by atoms with Crippen molar-refractivity contribution in [3.05, 3.63) is 84.5 Å². The molecular weight excluding hydrogens is 582 g/mol. The number of nitrogens with zero attached hydrogens (tertiary/aromatic N) is 3. The molecule has 2 aliphatic heterocycles. The summed E-state index contributed by atoms with van der Waals surface area (Å²) in [4.78, 5) is 59.8. The van der Waals surface area contributed by atoms with Crippen molar-refractivity contribution in [3.63, 3.8) is 0 Å². The van der Waals surface area contributed by atoms with E-state index in [9.17, 15) is 19.2 Å². The molecule has 230 valence electrons. The van der Waals surface area contributed by atoms with E-state index < -0.39 is 23.5 Å². The van der Waals surface area contributed by atoms with Crippen molar-refractivity contribution in [2.24, 2.45) is 4.99 Å². The van der Waals surface area contributed by atoms with E-state index in [0.29, 0.717) is 33.7 Å². The summed E-state index contributed by atoms with van der Waals surface area (Å²) in [6, 6.07) is 11.4. The number of thiazole rings is 1. The molecule has 0 saturated carbocycles. The van der Waals surface area contributed by atoms with Gasteiger partial charge in [-0.2, -0.15) is 0 Å². The number of amides is 1. The summed E-state index contributed by atoms with van der Waals surface area (Å²) in [6.45, 7) is 5.69. The van der Waals surface area contributed by atoms with Gasteiger partial charge in [-0.15, -0.1) is 0 Å². The molecule has 0 spiro atoms. The second kappa shape index (κ2) is 13.0. The molecule has 3 aromatic rings. The van der Waals surface area contributed by atoms with Gasteiger partial charge in [-0.3, -0.25) is 19.0 Å². The number of methoxy groups -OCH3 is 2. The van der Waals surface area contributed by atoms with Crippen LogP contribution in [0.5, 0.6) is 11.5 Å². The largest absolute Gasteiger partial charge is 0.493 e. The summed E-state index contributed by atoms with van der Waals surface area (Å²) in [5.41, 5.74) is 2.43. The number of benzene rings is 2. The zero-order valence-electron chi connectivity index (χ0n) is 25.5. The van der Waals surface area contributed by atoms with Crippen molar-refractivity contribution in [1.82, 2.24) is 4.57 Å². The molecule has 0 unspecified atom stereocenters. The number of anilines is 1. The average Bonchev–Trinajstić information content (AvgIpc) is 3.47. The maximum absolute atomic E-state index is 14.4. The number of fused-ring (bicyclic) bond motifs is 2. The molecule has 10 nitrogen and oxygen atoms in total. The maximum atomic E-state index is 14.4. The van der Waals surface area contributed by atoms with Gasteiger partial charge in [-0.05, 0) is 37.1 Å². The van der Waals surface area contributed by atoms with Crippen molar-refractivity contribution in [3.8, 4) is 11.5 Å². The molecule has 2 aromatic carbocycles. The van der Waals surface area contributed by atoms with Crippen molar-refractivity contribution in [2.75, 3.05) is 25.7 Å². The number of hydrogen-bond donors (Lipinski definition) is 0. The Balaban J connectivity index is 1.69.